The van der Waals surface area contributed by atoms with Crippen LogP contribution in [-0.2, 0) is 10.5 Å². The molecule has 0 saturated heterocycles. The van der Waals surface area contributed by atoms with Gasteiger partial charge in [0, 0.05) is 18.4 Å². The first-order valence-electron chi connectivity index (χ1n) is 3.32. The fourth-order valence-electron chi connectivity index (χ4n) is 0.703. The highest BCUT2D eigenvalue weighted by Gasteiger charge is 2.01. The van der Waals surface area contributed by atoms with E-state index in [4.69, 9.17) is 0 Å². The number of nitrogens with one attached hydrogen (secondary N) is 1. The van der Waals surface area contributed by atoms with Crippen molar-refractivity contribution in [3.05, 3.63) is 17.7 Å². The van der Waals surface area contributed by atoms with E-state index in [-0.39, 0.29) is 5.12 Å². The molecule has 3 nitrogen and oxygen atoms in total. The van der Waals surface area contributed by atoms with Gasteiger partial charge in [0.1, 0.15) is 0 Å². The SMILES string of the molecule is CC(=O)SCc1nc[nH]c1C. The summed E-state index contributed by atoms with van der Waals surface area (Å²) in [6.45, 7) is 3.51. The lowest BCUT2D eigenvalue weighted by Gasteiger charge is -1.93. The summed E-state index contributed by atoms with van der Waals surface area (Å²) in [6, 6.07) is 0. The van der Waals surface area contributed by atoms with Crippen molar-refractivity contribution in [2.45, 2.75) is 19.6 Å². The Morgan fingerprint density at radius 1 is 1.82 bits per heavy atom. The molecule has 1 rings (SSSR count). The molecular formula is C7H10N2OS. The Bertz CT molecular complexity index is 257. The van der Waals surface area contributed by atoms with Crippen LogP contribution < -0.4 is 0 Å². The maximum absolute atomic E-state index is 10.6. The Morgan fingerprint density at radius 2 is 2.55 bits per heavy atom. The lowest BCUT2D eigenvalue weighted by Crippen LogP contribution is -1.88. The summed E-state index contributed by atoms with van der Waals surface area (Å²) in [7, 11) is 0. The zero-order valence-electron chi connectivity index (χ0n) is 6.55. The third-order valence-corrected chi connectivity index (χ3v) is 2.17. The van der Waals surface area contributed by atoms with Crippen molar-refractivity contribution in [2.75, 3.05) is 0 Å². The van der Waals surface area contributed by atoms with Crippen molar-refractivity contribution in [2.24, 2.45) is 0 Å². The second kappa shape index (κ2) is 3.57. The van der Waals surface area contributed by atoms with Crippen LogP contribution in [0.3, 0.4) is 0 Å². The van der Waals surface area contributed by atoms with Gasteiger partial charge in [0.25, 0.3) is 0 Å². The Balaban J connectivity index is 2.51. The van der Waals surface area contributed by atoms with Crippen LogP contribution in [0.1, 0.15) is 18.3 Å². The van der Waals surface area contributed by atoms with E-state index in [1.54, 1.807) is 13.3 Å². The number of aryl methyl sites for hydroxylation is 1. The van der Waals surface area contributed by atoms with Crippen LogP contribution in [0.5, 0.6) is 0 Å². The molecule has 1 heterocycles. The van der Waals surface area contributed by atoms with Gasteiger partial charge in [-0.05, 0) is 6.92 Å². The number of rotatable bonds is 2. The first kappa shape index (κ1) is 8.33. The molecule has 0 saturated carbocycles. The first-order valence-corrected chi connectivity index (χ1v) is 4.31. The van der Waals surface area contributed by atoms with Gasteiger partial charge >= 0.3 is 0 Å². The molecule has 11 heavy (non-hydrogen) atoms. The Kier molecular flexibility index (Phi) is 2.70. The topological polar surface area (TPSA) is 45.8 Å². The highest BCUT2D eigenvalue weighted by molar-refractivity contribution is 8.12. The molecule has 1 aromatic heterocycles. The number of aromatic nitrogens is 2. The molecule has 0 unspecified atom stereocenters. The molecular weight excluding hydrogens is 160 g/mol. The quantitative estimate of drug-likeness (QED) is 0.731. The summed E-state index contributed by atoms with van der Waals surface area (Å²) in [4.78, 5) is 17.6. The number of carbonyl (C=O) groups is 1. The molecule has 0 bridgehead atoms. The largest absolute Gasteiger partial charge is 0.348 e. The van der Waals surface area contributed by atoms with Gasteiger partial charge in [0.2, 0.25) is 0 Å². The van der Waals surface area contributed by atoms with Crippen LogP contribution in [0.2, 0.25) is 0 Å². The van der Waals surface area contributed by atoms with Gasteiger partial charge in [0.15, 0.2) is 5.12 Å². The van der Waals surface area contributed by atoms with Crippen molar-refractivity contribution in [3.8, 4) is 0 Å². The zero-order valence-corrected chi connectivity index (χ0v) is 7.36. The summed E-state index contributed by atoms with van der Waals surface area (Å²) in [6.07, 6.45) is 1.64. The first-order chi connectivity index (χ1) is 5.20. The number of carbonyl (C=O) groups excluding carboxylic acids is 1. The average Bonchev–Trinajstić information content (AvgIpc) is 2.31. The van der Waals surface area contributed by atoms with Crippen LogP contribution >= 0.6 is 11.8 Å². The number of hydrogen-bond donors (Lipinski definition) is 1. The predicted molar refractivity (Wildman–Crippen MR) is 45.3 cm³/mol. The summed E-state index contributed by atoms with van der Waals surface area (Å²) in [5.41, 5.74) is 2.00. The number of aromatic amines is 1. The van der Waals surface area contributed by atoms with E-state index in [0.717, 1.165) is 11.4 Å². The Morgan fingerprint density at radius 3 is 3.00 bits per heavy atom. The van der Waals surface area contributed by atoms with E-state index in [2.05, 4.69) is 9.97 Å². The summed E-state index contributed by atoms with van der Waals surface area (Å²) in [5, 5.41) is 0.132. The lowest BCUT2D eigenvalue weighted by molar-refractivity contribution is -0.109. The molecule has 4 heteroatoms. The molecule has 0 fully saturated rings. The van der Waals surface area contributed by atoms with Crippen LogP contribution in [0, 0.1) is 6.92 Å². The van der Waals surface area contributed by atoms with Gasteiger partial charge in [-0.15, -0.1) is 0 Å². The highest BCUT2D eigenvalue weighted by Crippen LogP contribution is 2.12. The minimum absolute atomic E-state index is 0.132. The van der Waals surface area contributed by atoms with Crippen LogP contribution in [0.15, 0.2) is 6.33 Å². The number of hydrogen-bond acceptors (Lipinski definition) is 3. The van der Waals surface area contributed by atoms with E-state index in [9.17, 15) is 4.79 Å². The number of thioether (sulfide) groups is 1. The molecule has 60 valence electrons. The summed E-state index contributed by atoms with van der Waals surface area (Å²) < 4.78 is 0. The molecule has 0 amide bonds. The molecule has 0 radical (unpaired) electrons. The molecule has 1 aromatic rings. The maximum atomic E-state index is 10.6. The van der Waals surface area contributed by atoms with E-state index >= 15 is 0 Å². The van der Waals surface area contributed by atoms with Crippen molar-refractivity contribution in [1.82, 2.24) is 9.97 Å². The predicted octanol–water partition coefficient (Wildman–Crippen LogP) is 1.50. The van der Waals surface area contributed by atoms with Crippen molar-refractivity contribution in [1.29, 1.82) is 0 Å². The smallest absolute Gasteiger partial charge is 0.186 e. The number of imidazole rings is 1. The Hall–Kier alpha value is -0.770. The van der Waals surface area contributed by atoms with Gasteiger partial charge in [-0.3, -0.25) is 4.79 Å². The highest BCUT2D eigenvalue weighted by atomic mass is 32.2. The average molecular weight is 170 g/mol. The fraction of sp³-hybridized carbons (Fsp3) is 0.429. The lowest BCUT2D eigenvalue weighted by atomic mass is 10.4. The van der Waals surface area contributed by atoms with Crippen molar-refractivity contribution < 1.29 is 4.79 Å². The molecule has 0 aliphatic rings. The second-order valence-electron chi connectivity index (χ2n) is 2.25. The third kappa shape index (κ3) is 2.38. The minimum Gasteiger partial charge on any atom is -0.348 e. The van der Waals surface area contributed by atoms with Crippen LogP contribution in [0.4, 0.5) is 0 Å². The van der Waals surface area contributed by atoms with Crippen molar-refractivity contribution in [3.63, 3.8) is 0 Å². The minimum atomic E-state index is 0.132. The zero-order chi connectivity index (χ0) is 8.27. The second-order valence-corrected chi connectivity index (χ2v) is 3.41. The normalized spacial score (nSPS) is 10.0. The van der Waals surface area contributed by atoms with Crippen LogP contribution in [0.25, 0.3) is 0 Å². The molecule has 1 N–H and O–H groups in total. The van der Waals surface area contributed by atoms with Gasteiger partial charge in [-0.25, -0.2) is 4.98 Å². The maximum Gasteiger partial charge on any atom is 0.186 e. The molecule has 0 aliphatic heterocycles. The molecule has 0 atom stereocenters. The molecule has 0 aromatic carbocycles. The standard InChI is InChI=1S/C7H10N2OS/c1-5-7(9-4-8-5)3-11-6(2)10/h4H,3H2,1-2H3,(H,8,9). The van der Waals surface area contributed by atoms with Gasteiger partial charge in [-0.1, -0.05) is 11.8 Å². The third-order valence-electron chi connectivity index (χ3n) is 1.35. The monoisotopic (exact) mass is 170 g/mol. The molecule has 0 spiro atoms. The van der Waals surface area contributed by atoms with Crippen LogP contribution in [-0.4, -0.2) is 15.1 Å². The van der Waals surface area contributed by atoms with Gasteiger partial charge in [-0.2, -0.15) is 0 Å². The van der Waals surface area contributed by atoms with Crippen molar-refractivity contribution >= 4 is 16.9 Å². The Labute approximate surface area is 69.6 Å². The number of H-pyrrole nitrogens is 1. The van der Waals surface area contributed by atoms with Gasteiger partial charge in [0.05, 0.1) is 12.0 Å². The summed E-state index contributed by atoms with van der Waals surface area (Å²) in [5.74, 6) is 0.671. The van der Waals surface area contributed by atoms with E-state index in [1.165, 1.54) is 11.8 Å². The number of nitrogens with zero attached hydrogens (tertiary/aromatic N) is 1. The molecule has 0 aliphatic carbocycles. The van der Waals surface area contributed by atoms with Gasteiger partial charge < -0.3 is 4.98 Å². The fourth-order valence-corrected chi connectivity index (χ4v) is 1.33. The summed E-state index contributed by atoms with van der Waals surface area (Å²) >= 11 is 1.28. The van der Waals surface area contributed by atoms with E-state index in [0.29, 0.717) is 5.75 Å². The van der Waals surface area contributed by atoms with E-state index in [1.807, 2.05) is 6.92 Å². The van der Waals surface area contributed by atoms with E-state index < -0.39 is 0 Å².